The first-order chi connectivity index (χ1) is 9.17. The zero-order valence-corrected chi connectivity index (χ0v) is 11.2. The molecule has 1 aliphatic rings. The van der Waals surface area contributed by atoms with Crippen molar-refractivity contribution < 1.29 is 14.3 Å². The van der Waals surface area contributed by atoms with E-state index < -0.39 is 6.10 Å². The predicted octanol–water partition coefficient (Wildman–Crippen LogP) is 1.33. The van der Waals surface area contributed by atoms with Gasteiger partial charge >= 0.3 is 0 Å². The molecular formula is C14H18N2O3. The van der Waals surface area contributed by atoms with Gasteiger partial charge in [-0.25, -0.2) is 0 Å². The van der Waals surface area contributed by atoms with E-state index in [1.165, 1.54) is 0 Å². The molecule has 1 unspecified atom stereocenters. The Balaban J connectivity index is 2.23. The Hall–Kier alpha value is -2.04. The number of para-hydroxylation sites is 2. The smallest absolute Gasteiger partial charge is 0.268 e. The fourth-order valence-corrected chi connectivity index (χ4v) is 2.10. The van der Waals surface area contributed by atoms with E-state index >= 15 is 0 Å². The third-order valence-electron chi connectivity index (χ3n) is 3.18. The molecule has 5 nitrogen and oxygen atoms in total. The number of amides is 2. The van der Waals surface area contributed by atoms with Crippen molar-refractivity contribution >= 4 is 17.5 Å². The van der Waals surface area contributed by atoms with Gasteiger partial charge in [0.25, 0.3) is 5.91 Å². The standard InChI is InChI=1S/C14H18N2O3/c1-3-11-14(18)16(9-8-13(17)15-2)10-6-4-5-7-12(10)19-11/h4-7,11H,3,8-9H2,1-2H3,(H,15,17). The van der Waals surface area contributed by atoms with E-state index in [4.69, 9.17) is 4.74 Å². The molecule has 0 saturated carbocycles. The van der Waals surface area contributed by atoms with Gasteiger partial charge in [-0.05, 0) is 18.6 Å². The summed E-state index contributed by atoms with van der Waals surface area (Å²) in [7, 11) is 1.59. The molecule has 2 rings (SSSR count). The topological polar surface area (TPSA) is 58.6 Å². The Morgan fingerprint density at radius 2 is 2.16 bits per heavy atom. The normalized spacial score (nSPS) is 17.7. The lowest BCUT2D eigenvalue weighted by atomic mass is 10.1. The van der Waals surface area contributed by atoms with Gasteiger partial charge in [-0.2, -0.15) is 0 Å². The number of hydrogen-bond acceptors (Lipinski definition) is 3. The predicted molar refractivity (Wildman–Crippen MR) is 72.2 cm³/mol. The van der Waals surface area contributed by atoms with Crippen molar-refractivity contribution in [2.45, 2.75) is 25.9 Å². The van der Waals surface area contributed by atoms with Gasteiger partial charge in [0.15, 0.2) is 6.10 Å². The number of benzene rings is 1. The van der Waals surface area contributed by atoms with Crippen LogP contribution in [0, 0.1) is 0 Å². The first-order valence-electron chi connectivity index (χ1n) is 6.45. The molecule has 0 spiro atoms. The number of carbonyl (C=O) groups is 2. The Bertz CT molecular complexity index is 487. The van der Waals surface area contributed by atoms with E-state index in [9.17, 15) is 9.59 Å². The van der Waals surface area contributed by atoms with Crippen LogP contribution in [-0.2, 0) is 9.59 Å². The molecule has 1 atom stereocenters. The molecule has 0 fully saturated rings. The van der Waals surface area contributed by atoms with Crippen molar-refractivity contribution in [1.29, 1.82) is 0 Å². The average molecular weight is 262 g/mol. The van der Waals surface area contributed by atoms with Crippen molar-refractivity contribution in [3.05, 3.63) is 24.3 Å². The van der Waals surface area contributed by atoms with Crippen LogP contribution in [0.15, 0.2) is 24.3 Å². The Labute approximate surface area is 112 Å². The van der Waals surface area contributed by atoms with Crippen LogP contribution >= 0.6 is 0 Å². The maximum absolute atomic E-state index is 12.3. The third kappa shape index (κ3) is 2.70. The minimum absolute atomic E-state index is 0.0786. The minimum atomic E-state index is -0.459. The Kier molecular flexibility index (Phi) is 4.04. The van der Waals surface area contributed by atoms with Crippen LogP contribution in [0.2, 0.25) is 0 Å². The van der Waals surface area contributed by atoms with Crippen LogP contribution in [0.3, 0.4) is 0 Å². The summed E-state index contributed by atoms with van der Waals surface area (Å²) >= 11 is 0. The quantitative estimate of drug-likeness (QED) is 0.890. The molecule has 102 valence electrons. The SMILES string of the molecule is CCC1Oc2ccccc2N(CCC(=O)NC)C1=O. The zero-order chi connectivity index (χ0) is 13.8. The van der Waals surface area contributed by atoms with Crippen molar-refractivity contribution in [3.63, 3.8) is 0 Å². The van der Waals surface area contributed by atoms with Crippen LogP contribution in [0.25, 0.3) is 0 Å². The highest BCUT2D eigenvalue weighted by atomic mass is 16.5. The first kappa shape index (κ1) is 13.4. The van der Waals surface area contributed by atoms with Gasteiger partial charge in [0.1, 0.15) is 5.75 Å². The van der Waals surface area contributed by atoms with Crippen LogP contribution < -0.4 is 15.0 Å². The summed E-state index contributed by atoms with van der Waals surface area (Å²) in [4.78, 5) is 25.3. The van der Waals surface area contributed by atoms with E-state index in [1.54, 1.807) is 11.9 Å². The van der Waals surface area contributed by atoms with Crippen molar-refractivity contribution in [3.8, 4) is 5.75 Å². The molecule has 0 radical (unpaired) electrons. The van der Waals surface area contributed by atoms with Gasteiger partial charge < -0.3 is 15.0 Å². The monoisotopic (exact) mass is 262 g/mol. The number of carbonyl (C=O) groups excluding carboxylic acids is 2. The second-order valence-electron chi connectivity index (χ2n) is 4.40. The highest BCUT2D eigenvalue weighted by molar-refractivity contribution is 6.00. The van der Waals surface area contributed by atoms with Gasteiger partial charge in [-0.15, -0.1) is 0 Å². The highest BCUT2D eigenvalue weighted by Crippen LogP contribution is 2.34. The van der Waals surface area contributed by atoms with E-state index in [-0.39, 0.29) is 18.2 Å². The molecule has 0 aliphatic carbocycles. The van der Waals surface area contributed by atoms with Crippen LogP contribution in [0.5, 0.6) is 5.75 Å². The molecule has 0 bridgehead atoms. The van der Waals surface area contributed by atoms with Crippen molar-refractivity contribution in [1.82, 2.24) is 5.32 Å². The number of nitrogens with one attached hydrogen (secondary N) is 1. The summed E-state index contributed by atoms with van der Waals surface area (Å²) < 4.78 is 5.66. The van der Waals surface area contributed by atoms with E-state index in [2.05, 4.69) is 5.32 Å². The minimum Gasteiger partial charge on any atom is -0.478 e. The molecule has 0 saturated heterocycles. The molecular weight excluding hydrogens is 244 g/mol. The number of rotatable bonds is 4. The Morgan fingerprint density at radius 3 is 2.84 bits per heavy atom. The summed E-state index contributed by atoms with van der Waals surface area (Å²) in [6.07, 6.45) is 0.441. The Morgan fingerprint density at radius 1 is 1.42 bits per heavy atom. The second-order valence-corrected chi connectivity index (χ2v) is 4.40. The highest BCUT2D eigenvalue weighted by Gasteiger charge is 2.32. The number of fused-ring (bicyclic) bond motifs is 1. The van der Waals surface area contributed by atoms with Crippen molar-refractivity contribution in [2.75, 3.05) is 18.5 Å². The van der Waals surface area contributed by atoms with Crippen LogP contribution in [-0.4, -0.2) is 31.5 Å². The van der Waals surface area contributed by atoms with E-state index in [0.717, 1.165) is 5.69 Å². The summed E-state index contributed by atoms with van der Waals surface area (Å²) in [6.45, 7) is 2.28. The van der Waals surface area contributed by atoms with E-state index in [1.807, 2.05) is 31.2 Å². The lowest BCUT2D eigenvalue weighted by Gasteiger charge is -2.33. The third-order valence-corrected chi connectivity index (χ3v) is 3.18. The van der Waals surface area contributed by atoms with Gasteiger partial charge in [0, 0.05) is 20.0 Å². The first-order valence-corrected chi connectivity index (χ1v) is 6.45. The molecule has 1 aromatic carbocycles. The van der Waals surface area contributed by atoms with Crippen molar-refractivity contribution in [2.24, 2.45) is 0 Å². The summed E-state index contributed by atoms with van der Waals surface area (Å²) in [5, 5.41) is 2.56. The second kappa shape index (κ2) is 5.73. The molecule has 2 amide bonds. The number of nitrogens with zero attached hydrogens (tertiary/aromatic N) is 1. The van der Waals surface area contributed by atoms with Gasteiger partial charge in [0.05, 0.1) is 5.69 Å². The molecule has 5 heteroatoms. The fraction of sp³-hybridized carbons (Fsp3) is 0.429. The molecule has 0 aromatic heterocycles. The number of anilines is 1. The fourth-order valence-electron chi connectivity index (χ4n) is 2.10. The van der Waals surface area contributed by atoms with E-state index in [0.29, 0.717) is 18.7 Å². The van der Waals surface area contributed by atoms with Crippen LogP contribution in [0.1, 0.15) is 19.8 Å². The van der Waals surface area contributed by atoms with Crippen LogP contribution in [0.4, 0.5) is 5.69 Å². The van der Waals surface area contributed by atoms with Gasteiger partial charge in [-0.3, -0.25) is 9.59 Å². The summed E-state index contributed by atoms with van der Waals surface area (Å²) in [5.74, 6) is 0.542. The number of hydrogen-bond donors (Lipinski definition) is 1. The maximum Gasteiger partial charge on any atom is 0.268 e. The number of ether oxygens (including phenoxy) is 1. The largest absolute Gasteiger partial charge is 0.478 e. The van der Waals surface area contributed by atoms with Gasteiger partial charge in [0.2, 0.25) is 5.91 Å². The lowest BCUT2D eigenvalue weighted by molar-refractivity contribution is -0.126. The molecule has 1 N–H and O–H groups in total. The lowest BCUT2D eigenvalue weighted by Crippen LogP contribution is -2.46. The van der Waals surface area contributed by atoms with Gasteiger partial charge in [-0.1, -0.05) is 19.1 Å². The summed E-state index contributed by atoms with van der Waals surface area (Å²) in [5.41, 5.74) is 0.737. The zero-order valence-electron chi connectivity index (χ0n) is 11.2. The molecule has 19 heavy (non-hydrogen) atoms. The average Bonchev–Trinajstić information content (AvgIpc) is 2.45. The molecule has 1 aliphatic heterocycles. The summed E-state index contributed by atoms with van der Waals surface area (Å²) in [6, 6.07) is 7.41. The molecule has 1 heterocycles. The molecule has 1 aromatic rings. The maximum atomic E-state index is 12.3.